The highest BCUT2D eigenvalue weighted by Crippen LogP contribution is 2.44. The van der Waals surface area contributed by atoms with Gasteiger partial charge >= 0.3 is 0 Å². The molecule has 3 aliphatic rings. The minimum absolute atomic E-state index is 0.0394. The lowest BCUT2D eigenvalue weighted by Crippen LogP contribution is -2.43. The number of rotatable bonds is 4. The van der Waals surface area contributed by atoms with Crippen LogP contribution in [0.15, 0.2) is 42.2 Å². The van der Waals surface area contributed by atoms with Gasteiger partial charge in [0.25, 0.3) is 0 Å². The van der Waals surface area contributed by atoms with Crippen molar-refractivity contribution in [1.82, 2.24) is 15.0 Å². The van der Waals surface area contributed by atoms with Crippen LogP contribution in [0.3, 0.4) is 0 Å². The van der Waals surface area contributed by atoms with Gasteiger partial charge in [-0.1, -0.05) is 29.8 Å². The number of pyridine rings is 1. The Balaban J connectivity index is 1.27. The second kappa shape index (κ2) is 7.80. The summed E-state index contributed by atoms with van der Waals surface area (Å²) in [5, 5.41) is 1.45. The summed E-state index contributed by atoms with van der Waals surface area (Å²) in [6.45, 7) is 4.78. The second-order valence-corrected chi connectivity index (χ2v) is 10.0. The van der Waals surface area contributed by atoms with E-state index in [0.29, 0.717) is 16.7 Å². The van der Waals surface area contributed by atoms with Crippen LogP contribution in [0.2, 0.25) is 5.02 Å². The zero-order valence-corrected chi connectivity index (χ0v) is 19.9. The number of nitrogen functional groups attached to an aromatic ring is 2. The van der Waals surface area contributed by atoms with Crippen molar-refractivity contribution < 1.29 is 9.47 Å². The molecular weight excluding hydrogens is 452 g/mol. The molecule has 3 atom stereocenters. The number of hydrogen-bond acceptors (Lipinski definition) is 8. The highest BCUT2D eigenvalue weighted by atomic mass is 35.5. The summed E-state index contributed by atoms with van der Waals surface area (Å²) in [4.78, 5) is 15.4. The lowest BCUT2D eigenvalue weighted by atomic mass is 10.0. The molecule has 1 unspecified atom stereocenters. The fourth-order valence-electron chi connectivity index (χ4n) is 5.41. The molecule has 6 rings (SSSR count). The molecule has 4 heterocycles. The van der Waals surface area contributed by atoms with Crippen LogP contribution < -0.4 is 16.4 Å². The molecule has 176 valence electrons. The molecule has 34 heavy (non-hydrogen) atoms. The van der Waals surface area contributed by atoms with E-state index in [0.717, 1.165) is 48.1 Å². The van der Waals surface area contributed by atoms with E-state index in [2.05, 4.69) is 38.1 Å². The maximum atomic E-state index is 6.38. The molecule has 2 aliphatic heterocycles. The third-order valence-electron chi connectivity index (χ3n) is 6.97. The molecule has 0 amide bonds. The Kier molecular flexibility index (Phi) is 4.95. The fraction of sp³-hybridized carbons (Fsp3) is 0.400. The average Bonchev–Trinajstić information content (AvgIpc) is 3.45. The van der Waals surface area contributed by atoms with Crippen LogP contribution in [0.4, 0.5) is 17.5 Å². The molecule has 2 aromatic heterocycles. The number of nitrogens with two attached hydrogens (primary N) is 2. The van der Waals surface area contributed by atoms with Gasteiger partial charge in [-0.15, -0.1) is 0 Å². The summed E-state index contributed by atoms with van der Waals surface area (Å²) in [5.41, 5.74) is 16.3. The zero-order valence-electron chi connectivity index (χ0n) is 19.2. The van der Waals surface area contributed by atoms with Crippen molar-refractivity contribution in [2.45, 2.75) is 57.1 Å². The van der Waals surface area contributed by atoms with Gasteiger partial charge < -0.3 is 25.8 Å². The number of benzene rings is 1. The lowest BCUT2D eigenvalue weighted by Gasteiger charge is -2.29. The second-order valence-electron chi connectivity index (χ2n) is 9.64. The maximum absolute atomic E-state index is 6.38. The topological polar surface area (TPSA) is 112 Å². The highest BCUT2D eigenvalue weighted by molar-refractivity contribution is 6.33. The number of fused-ring (bicyclic) bond motifs is 3. The number of ether oxygens (including phenoxy) is 2. The van der Waals surface area contributed by atoms with Gasteiger partial charge in [-0.25, -0.2) is 15.0 Å². The molecule has 8 nitrogen and oxygen atoms in total. The molecule has 0 saturated carbocycles. The van der Waals surface area contributed by atoms with Crippen LogP contribution >= 0.6 is 11.6 Å². The Morgan fingerprint density at radius 1 is 1.12 bits per heavy atom. The predicted octanol–water partition coefficient (Wildman–Crippen LogP) is 3.67. The molecule has 0 spiro atoms. The Morgan fingerprint density at radius 2 is 1.97 bits per heavy atom. The van der Waals surface area contributed by atoms with Gasteiger partial charge in [-0.2, -0.15) is 0 Å². The SMILES string of the molecule is CC1(C)O[C@@H]2C(CCc3ccc4cc(Cl)c(N)nc4c3)=CC(N3CCc4c(N)ncnc43)[C@@H]2O1. The molecule has 0 radical (unpaired) electrons. The van der Waals surface area contributed by atoms with Crippen molar-refractivity contribution >= 4 is 40.0 Å². The third-order valence-corrected chi connectivity index (χ3v) is 7.27. The van der Waals surface area contributed by atoms with E-state index in [1.165, 1.54) is 17.5 Å². The van der Waals surface area contributed by atoms with Crippen LogP contribution in [0.5, 0.6) is 0 Å². The number of aryl methyl sites for hydroxylation is 1. The minimum atomic E-state index is -0.635. The van der Waals surface area contributed by atoms with Crippen molar-refractivity contribution in [3.05, 3.63) is 58.4 Å². The molecule has 0 bridgehead atoms. The smallest absolute Gasteiger partial charge is 0.164 e. The lowest BCUT2D eigenvalue weighted by molar-refractivity contribution is -0.146. The molecular formula is C25H27ClN6O2. The first kappa shape index (κ1) is 21.6. The summed E-state index contributed by atoms with van der Waals surface area (Å²) < 4.78 is 12.7. The zero-order chi connectivity index (χ0) is 23.6. The quantitative estimate of drug-likeness (QED) is 0.546. The summed E-state index contributed by atoms with van der Waals surface area (Å²) >= 11 is 6.12. The van der Waals surface area contributed by atoms with E-state index in [-0.39, 0.29) is 18.2 Å². The van der Waals surface area contributed by atoms with E-state index < -0.39 is 5.79 Å². The van der Waals surface area contributed by atoms with Crippen LogP contribution in [0.25, 0.3) is 10.9 Å². The highest BCUT2D eigenvalue weighted by Gasteiger charge is 2.52. The van der Waals surface area contributed by atoms with Crippen molar-refractivity contribution in [1.29, 1.82) is 0 Å². The molecule has 9 heteroatoms. The average molecular weight is 479 g/mol. The maximum Gasteiger partial charge on any atom is 0.164 e. The first-order valence-corrected chi connectivity index (χ1v) is 11.9. The third kappa shape index (κ3) is 3.57. The minimum Gasteiger partial charge on any atom is -0.383 e. The van der Waals surface area contributed by atoms with Crippen LogP contribution in [-0.4, -0.2) is 45.5 Å². The Morgan fingerprint density at radius 3 is 2.82 bits per heavy atom. The van der Waals surface area contributed by atoms with E-state index in [1.54, 1.807) is 0 Å². The summed E-state index contributed by atoms with van der Waals surface area (Å²) in [7, 11) is 0. The van der Waals surface area contributed by atoms with Crippen LogP contribution in [0.1, 0.15) is 31.4 Å². The van der Waals surface area contributed by atoms with Gasteiger partial charge in [0, 0.05) is 17.5 Å². The standard InChI is InChI=1S/C25H27ClN6O2/c1-25(2)33-20-15(6-4-13-3-5-14-10-17(26)23(28)31-18(14)9-13)11-19(21(20)34-25)32-8-7-16-22(27)29-12-30-24(16)32/h3,5,9-12,19-21H,4,6-8H2,1-2H3,(H2,28,31)(H2,27,29,30)/t19?,20-,21+/m1/s1. The first-order valence-electron chi connectivity index (χ1n) is 11.6. The van der Waals surface area contributed by atoms with Crippen LogP contribution in [-0.2, 0) is 22.3 Å². The van der Waals surface area contributed by atoms with Crippen molar-refractivity contribution in [3.63, 3.8) is 0 Å². The van der Waals surface area contributed by atoms with E-state index in [9.17, 15) is 0 Å². The Labute approximate surface area is 202 Å². The van der Waals surface area contributed by atoms with E-state index in [1.807, 2.05) is 26.0 Å². The summed E-state index contributed by atoms with van der Waals surface area (Å²) in [5.74, 6) is 1.18. The molecule has 3 aromatic rings. The molecule has 4 N–H and O–H groups in total. The number of aromatic nitrogens is 3. The summed E-state index contributed by atoms with van der Waals surface area (Å²) in [6, 6.07) is 8.14. The number of halogens is 1. The van der Waals surface area contributed by atoms with Gasteiger partial charge in [-0.3, -0.25) is 0 Å². The Hall–Kier alpha value is -2.94. The number of hydrogen-bond donors (Lipinski definition) is 2. The predicted molar refractivity (Wildman–Crippen MR) is 133 cm³/mol. The monoisotopic (exact) mass is 478 g/mol. The van der Waals surface area contributed by atoms with Gasteiger partial charge in [0.1, 0.15) is 36.0 Å². The van der Waals surface area contributed by atoms with Crippen molar-refractivity contribution in [2.24, 2.45) is 0 Å². The van der Waals surface area contributed by atoms with Gasteiger partial charge in [0.15, 0.2) is 5.79 Å². The van der Waals surface area contributed by atoms with Crippen molar-refractivity contribution in [3.8, 4) is 0 Å². The molecule has 1 aromatic carbocycles. The summed E-state index contributed by atoms with van der Waals surface area (Å²) in [6.07, 6.45) is 6.21. The fourth-order valence-corrected chi connectivity index (χ4v) is 5.57. The normalized spacial score (nSPS) is 25.0. The number of anilines is 3. The van der Waals surface area contributed by atoms with Gasteiger partial charge in [-0.05, 0) is 56.4 Å². The van der Waals surface area contributed by atoms with E-state index >= 15 is 0 Å². The van der Waals surface area contributed by atoms with Gasteiger partial charge in [0.05, 0.1) is 16.6 Å². The Bertz CT molecular complexity index is 1330. The largest absolute Gasteiger partial charge is 0.383 e. The molecule has 1 saturated heterocycles. The molecule has 1 aliphatic carbocycles. The van der Waals surface area contributed by atoms with Gasteiger partial charge in [0.2, 0.25) is 0 Å². The van der Waals surface area contributed by atoms with Crippen molar-refractivity contribution in [2.75, 3.05) is 22.9 Å². The van der Waals surface area contributed by atoms with Crippen LogP contribution in [0, 0.1) is 0 Å². The number of nitrogens with zero attached hydrogens (tertiary/aromatic N) is 4. The first-order chi connectivity index (χ1) is 16.3. The molecule has 1 fully saturated rings. The van der Waals surface area contributed by atoms with E-state index in [4.69, 9.17) is 32.5 Å².